The topological polar surface area (TPSA) is 88.9 Å². The van der Waals surface area contributed by atoms with E-state index in [2.05, 4.69) is 36.3 Å². The standard InChI is InChI=1S/C8H16BrN5O2S/c1-6(4-10-2)5-11-17(15,16)8-7(9)12-13-14(8)3/h6,10-11H,4-5H2,1-3H3. The van der Waals surface area contributed by atoms with Crippen LogP contribution in [-0.2, 0) is 17.1 Å². The van der Waals surface area contributed by atoms with E-state index in [1.54, 1.807) is 0 Å². The Morgan fingerprint density at radius 3 is 2.59 bits per heavy atom. The van der Waals surface area contributed by atoms with Crippen molar-refractivity contribution in [3.05, 3.63) is 4.60 Å². The van der Waals surface area contributed by atoms with Crippen molar-refractivity contribution in [2.24, 2.45) is 13.0 Å². The van der Waals surface area contributed by atoms with Crippen molar-refractivity contribution < 1.29 is 8.42 Å². The van der Waals surface area contributed by atoms with Crippen molar-refractivity contribution in [3.8, 4) is 0 Å². The average molecular weight is 326 g/mol. The molecule has 1 unspecified atom stereocenters. The SMILES string of the molecule is CNCC(C)CNS(=O)(=O)c1c(Br)nnn1C. The molecule has 17 heavy (non-hydrogen) atoms. The van der Waals surface area contributed by atoms with E-state index < -0.39 is 10.0 Å². The fraction of sp³-hybridized carbons (Fsp3) is 0.750. The number of sulfonamides is 1. The number of halogens is 1. The summed E-state index contributed by atoms with van der Waals surface area (Å²) in [4.78, 5) is 0. The van der Waals surface area contributed by atoms with E-state index >= 15 is 0 Å². The molecule has 0 amide bonds. The van der Waals surface area contributed by atoms with Gasteiger partial charge in [-0.1, -0.05) is 12.1 Å². The second-order valence-electron chi connectivity index (χ2n) is 3.82. The second-order valence-corrected chi connectivity index (χ2v) is 6.26. The minimum Gasteiger partial charge on any atom is -0.319 e. The first-order valence-corrected chi connectivity index (χ1v) is 7.35. The maximum atomic E-state index is 12.0. The fourth-order valence-electron chi connectivity index (χ4n) is 1.35. The maximum Gasteiger partial charge on any atom is 0.260 e. The van der Waals surface area contributed by atoms with Crippen LogP contribution in [0.4, 0.5) is 0 Å². The number of hydrogen-bond donors (Lipinski definition) is 2. The van der Waals surface area contributed by atoms with E-state index in [-0.39, 0.29) is 15.5 Å². The number of hydrogen-bond acceptors (Lipinski definition) is 5. The molecule has 0 fully saturated rings. The number of aromatic nitrogens is 3. The molecular formula is C8H16BrN5O2S. The number of aryl methyl sites for hydroxylation is 1. The minimum atomic E-state index is -3.58. The number of rotatable bonds is 6. The van der Waals surface area contributed by atoms with Crippen molar-refractivity contribution in [1.82, 2.24) is 25.0 Å². The Labute approximate surface area is 109 Å². The van der Waals surface area contributed by atoms with Crippen LogP contribution >= 0.6 is 15.9 Å². The quantitative estimate of drug-likeness (QED) is 0.750. The third kappa shape index (κ3) is 3.73. The Morgan fingerprint density at radius 2 is 2.12 bits per heavy atom. The normalized spacial score (nSPS) is 13.9. The summed E-state index contributed by atoms with van der Waals surface area (Å²) >= 11 is 3.06. The third-order valence-electron chi connectivity index (χ3n) is 2.17. The summed E-state index contributed by atoms with van der Waals surface area (Å²) in [6.45, 7) is 3.06. The maximum absolute atomic E-state index is 12.0. The highest BCUT2D eigenvalue weighted by atomic mass is 79.9. The van der Waals surface area contributed by atoms with Gasteiger partial charge in [0.1, 0.15) is 0 Å². The van der Waals surface area contributed by atoms with Crippen molar-refractivity contribution >= 4 is 26.0 Å². The monoisotopic (exact) mass is 325 g/mol. The van der Waals surface area contributed by atoms with Gasteiger partial charge in [0.25, 0.3) is 10.0 Å². The van der Waals surface area contributed by atoms with Gasteiger partial charge in [-0.2, -0.15) is 0 Å². The van der Waals surface area contributed by atoms with Crippen LogP contribution in [0.5, 0.6) is 0 Å². The highest BCUT2D eigenvalue weighted by Gasteiger charge is 2.23. The van der Waals surface area contributed by atoms with Crippen LogP contribution in [0.2, 0.25) is 0 Å². The molecule has 0 bridgehead atoms. The van der Waals surface area contributed by atoms with Crippen LogP contribution in [0.1, 0.15) is 6.92 Å². The Morgan fingerprint density at radius 1 is 1.47 bits per heavy atom. The molecule has 0 saturated heterocycles. The molecule has 98 valence electrons. The first-order chi connectivity index (χ1) is 7.88. The second kappa shape index (κ2) is 5.89. The van der Waals surface area contributed by atoms with Crippen molar-refractivity contribution in [1.29, 1.82) is 0 Å². The lowest BCUT2D eigenvalue weighted by molar-refractivity contribution is 0.512. The molecule has 0 aliphatic carbocycles. The minimum absolute atomic E-state index is 0.0363. The van der Waals surface area contributed by atoms with E-state index in [0.717, 1.165) is 6.54 Å². The van der Waals surface area contributed by atoms with Gasteiger partial charge in [0.2, 0.25) is 5.03 Å². The van der Waals surface area contributed by atoms with Crippen LogP contribution in [0, 0.1) is 5.92 Å². The highest BCUT2D eigenvalue weighted by Crippen LogP contribution is 2.17. The van der Waals surface area contributed by atoms with Crippen molar-refractivity contribution in [3.63, 3.8) is 0 Å². The molecule has 2 N–H and O–H groups in total. The Kier molecular flexibility index (Phi) is 5.04. The first-order valence-electron chi connectivity index (χ1n) is 5.08. The summed E-state index contributed by atoms with van der Waals surface area (Å²) < 4.78 is 27.9. The lowest BCUT2D eigenvalue weighted by Gasteiger charge is -2.12. The van der Waals surface area contributed by atoms with Crippen LogP contribution in [0.15, 0.2) is 9.63 Å². The van der Waals surface area contributed by atoms with Gasteiger partial charge in [-0.05, 0) is 35.4 Å². The lowest BCUT2D eigenvalue weighted by Crippen LogP contribution is -2.33. The number of nitrogens with one attached hydrogen (secondary N) is 2. The number of nitrogens with zero attached hydrogens (tertiary/aromatic N) is 3. The summed E-state index contributed by atoms with van der Waals surface area (Å²) in [5.74, 6) is 0.203. The summed E-state index contributed by atoms with van der Waals surface area (Å²) in [7, 11) is -0.221. The summed E-state index contributed by atoms with van der Waals surface area (Å²) in [6, 6.07) is 0. The van der Waals surface area contributed by atoms with E-state index in [0.29, 0.717) is 6.54 Å². The molecule has 1 heterocycles. The summed E-state index contributed by atoms with van der Waals surface area (Å²) in [5.41, 5.74) is 0. The molecule has 0 saturated carbocycles. The van der Waals surface area contributed by atoms with Gasteiger partial charge in [-0.3, -0.25) is 0 Å². The molecule has 1 atom stereocenters. The van der Waals surface area contributed by atoms with Gasteiger partial charge in [0.05, 0.1) is 0 Å². The zero-order chi connectivity index (χ0) is 13.1. The fourth-order valence-corrected chi connectivity index (χ4v) is 3.60. The molecule has 0 spiro atoms. The Bertz CT molecular complexity index is 453. The van der Waals surface area contributed by atoms with E-state index in [9.17, 15) is 8.42 Å². The molecule has 0 aliphatic rings. The average Bonchev–Trinajstić information content (AvgIpc) is 2.57. The lowest BCUT2D eigenvalue weighted by atomic mass is 10.2. The van der Waals surface area contributed by atoms with Crippen LogP contribution in [0.3, 0.4) is 0 Å². The molecule has 1 aromatic heterocycles. The van der Waals surface area contributed by atoms with Gasteiger partial charge in [0.15, 0.2) is 4.60 Å². The summed E-state index contributed by atoms with van der Waals surface area (Å²) in [6.07, 6.45) is 0. The molecule has 7 nitrogen and oxygen atoms in total. The van der Waals surface area contributed by atoms with Crippen LogP contribution in [-0.4, -0.2) is 43.5 Å². The zero-order valence-electron chi connectivity index (χ0n) is 9.94. The molecule has 9 heteroatoms. The molecule has 0 aliphatic heterocycles. The third-order valence-corrected chi connectivity index (χ3v) is 4.48. The van der Waals surface area contributed by atoms with Gasteiger partial charge in [-0.15, -0.1) is 5.10 Å². The van der Waals surface area contributed by atoms with E-state index in [1.165, 1.54) is 11.7 Å². The van der Waals surface area contributed by atoms with Crippen molar-refractivity contribution in [2.75, 3.05) is 20.1 Å². The predicted octanol–water partition coefficient (Wildman–Crippen LogP) is -0.289. The van der Waals surface area contributed by atoms with Crippen molar-refractivity contribution in [2.45, 2.75) is 11.9 Å². The Hall–Kier alpha value is -0.510. The van der Waals surface area contributed by atoms with E-state index in [4.69, 9.17) is 0 Å². The smallest absolute Gasteiger partial charge is 0.260 e. The summed E-state index contributed by atoms with van der Waals surface area (Å²) in [5, 5.41) is 10.3. The first kappa shape index (κ1) is 14.6. The van der Waals surface area contributed by atoms with Gasteiger partial charge >= 0.3 is 0 Å². The van der Waals surface area contributed by atoms with Crippen LogP contribution in [0.25, 0.3) is 0 Å². The predicted molar refractivity (Wildman–Crippen MR) is 67.0 cm³/mol. The highest BCUT2D eigenvalue weighted by molar-refractivity contribution is 9.10. The molecule has 1 aromatic rings. The zero-order valence-corrected chi connectivity index (χ0v) is 12.3. The largest absolute Gasteiger partial charge is 0.319 e. The van der Waals surface area contributed by atoms with E-state index in [1.807, 2.05) is 14.0 Å². The Balaban J connectivity index is 2.76. The molecule has 0 radical (unpaired) electrons. The van der Waals surface area contributed by atoms with Crippen LogP contribution < -0.4 is 10.0 Å². The molecular weight excluding hydrogens is 310 g/mol. The molecule has 0 aromatic carbocycles. The molecule has 1 rings (SSSR count). The van der Waals surface area contributed by atoms with Gasteiger partial charge in [-0.25, -0.2) is 17.8 Å². The van der Waals surface area contributed by atoms with Gasteiger partial charge in [0, 0.05) is 13.6 Å². The van der Waals surface area contributed by atoms with Gasteiger partial charge < -0.3 is 5.32 Å².